The molecule has 7 nitrogen and oxygen atoms in total. The molecule has 2 aliphatic rings. The number of hydrogen-bond acceptors (Lipinski definition) is 4. The van der Waals surface area contributed by atoms with Gasteiger partial charge in [-0.05, 0) is 19.3 Å². The number of nitrogens with zero attached hydrogens (tertiary/aromatic N) is 4. The highest BCUT2D eigenvalue weighted by Gasteiger charge is 2.38. The fourth-order valence-corrected chi connectivity index (χ4v) is 5.32. The quantitative estimate of drug-likeness (QED) is 0.796. The molecule has 3 rings (SSSR count). The summed E-state index contributed by atoms with van der Waals surface area (Å²) in [7, 11) is -3.40. The lowest BCUT2D eigenvalue weighted by molar-refractivity contribution is 0.147. The first-order valence-corrected chi connectivity index (χ1v) is 9.87. The van der Waals surface area contributed by atoms with Crippen LogP contribution in [-0.2, 0) is 27.9 Å². The second-order valence-corrected chi connectivity index (χ2v) is 8.01. The summed E-state index contributed by atoms with van der Waals surface area (Å²) < 4.78 is 36.8. The van der Waals surface area contributed by atoms with Crippen LogP contribution in [0.15, 0.2) is 12.4 Å². The first kappa shape index (κ1) is 16.9. The van der Waals surface area contributed by atoms with E-state index in [0.29, 0.717) is 39.4 Å². The molecule has 3 heterocycles. The van der Waals surface area contributed by atoms with E-state index in [2.05, 4.69) is 16.5 Å². The number of hydrogen-bond donors (Lipinski definition) is 0. The van der Waals surface area contributed by atoms with Crippen LogP contribution in [0.25, 0.3) is 0 Å². The van der Waals surface area contributed by atoms with E-state index in [4.69, 9.17) is 4.74 Å². The zero-order valence-electron chi connectivity index (χ0n) is 13.7. The van der Waals surface area contributed by atoms with E-state index < -0.39 is 10.2 Å². The van der Waals surface area contributed by atoms with Crippen molar-refractivity contribution in [2.75, 3.05) is 32.8 Å². The summed E-state index contributed by atoms with van der Waals surface area (Å²) >= 11 is 0. The zero-order chi connectivity index (χ0) is 16.3. The van der Waals surface area contributed by atoms with Crippen LogP contribution >= 0.6 is 0 Å². The number of aromatic nitrogens is 2. The van der Waals surface area contributed by atoms with Gasteiger partial charge in [-0.25, -0.2) is 4.98 Å². The third kappa shape index (κ3) is 3.60. The molecular weight excluding hydrogens is 316 g/mol. The number of ether oxygens (including phenoxy) is 1. The van der Waals surface area contributed by atoms with Crippen molar-refractivity contribution in [2.45, 2.75) is 45.2 Å². The van der Waals surface area contributed by atoms with Crippen LogP contribution < -0.4 is 0 Å². The Hall–Kier alpha value is -0.960. The van der Waals surface area contributed by atoms with Gasteiger partial charge in [0.25, 0.3) is 10.2 Å². The van der Waals surface area contributed by atoms with E-state index in [1.807, 2.05) is 6.20 Å². The van der Waals surface area contributed by atoms with Gasteiger partial charge in [0.1, 0.15) is 5.82 Å². The number of rotatable bonds is 5. The molecule has 8 heteroatoms. The van der Waals surface area contributed by atoms with Gasteiger partial charge < -0.3 is 9.30 Å². The molecule has 0 unspecified atom stereocenters. The van der Waals surface area contributed by atoms with Crippen molar-refractivity contribution in [3.63, 3.8) is 0 Å². The van der Waals surface area contributed by atoms with Crippen LogP contribution in [0.2, 0.25) is 0 Å². The molecule has 23 heavy (non-hydrogen) atoms. The van der Waals surface area contributed by atoms with Crippen molar-refractivity contribution in [1.82, 2.24) is 18.2 Å². The van der Waals surface area contributed by atoms with Crippen molar-refractivity contribution >= 4 is 10.2 Å². The van der Waals surface area contributed by atoms with Crippen molar-refractivity contribution < 1.29 is 13.2 Å². The second-order valence-electron chi connectivity index (χ2n) is 6.13. The van der Waals surface area contributed by atoms with Crippen LogP contribution in [0.4, 0.5) is 0 Å². The molecule has 2 aliphatic heterocycles. The minimum atomic E-state index is -3.40. The van der Waals surface area contributed by atoms with Gasteiger partial charge in [-0.15, -0.1) is 0 Å². The van der Waals surface area contributed by atoms with Gasteiger partial charge in [-0.1, -0.05) is 6.92 Å². The molecule has 0 saturated carbocycles. The molecule has 0 aliphatic carbocycles. The summed E-state index contributed by atoms with van der Waals surface area (Å²) in [5, 5.41) is 0. The SMILES string of the molecule is CCc1nccn1C[C@@H]1CCCN1S(=O)(=O)N1CCCOCC1. The lowest BCUT2D eigenvalue weighted by atomic mass is 10.2. The molecule has 0 amide bonds. The third-order valence-electron chi connectivity index (χ3n) is 4.65. The summed E-state index contributed by atoms with van der Waals surface area (Å²) in [5.41, 5.74) is 0. The highest BCUT2D eigenvalue weighted by molar-refractivity contribution is 7.86. The monoisotopic (exact) mass is 342 g/mol. The van der Waals surface area contributed by atoms with E-state index in [1.165, 1.54) is 0 Å². The minimum absolute atomic E-state index is 0.0173. The molecule has 0 radical (unpaired) electrons. The van der Waals surface area contributed by atoms with Crippen LogP contribution in [0.5, 0.6) is 0 Å². The second kappa shape index (κ2) is 7.29. The molecule has 1 aromatic heterocycles. The Morgan fingerprint density at radius 1 is 1.26 bits per heavy atom. The maximum Gasteiger partial charge on any atom is 0.282 e. The summed E-state index contributed by atoms with van der Waals surface area (Å²) in [4.78, 5) is 4.33. The van der Waals surface area contributed by atoms with Crippen LogP contribution in [-0.4, -0.2) is 65.5 Å². The van der Waals surface area contributed by atoms with Gasteiger partial charge in [0, 0.05) is 57.6 Å². The normalized spacial score (nSPS) is 24.8. The predicted octanol–water partition coefficient (Wildman–Crippen LogP) is 0.877. The zero-order valence-corrected chi connectivity index (χ0v) is 14.5. The molecule has 0 spiro atoms. The Balaban J connectivity index is 1.75. The highest BCUT2D eigenvalue weighted by Crippen LogP contribution is 2.25. The van der Waals surface area contributed by atoms with E-state index in [0.717, 1.165) is 31.5 Å². The summed E-state index contributed by atoms with van der Waals surface area (Å²) in [6, 6.07) is 0.0173. The van der Waals surface area contributed by atoms with Gasteiger partial charge in [0.15, 0.2) is 0 Å². The lowest BCUT2D eigenvalue weighted by Crippen LogP contribution is -2.48. The first-order chi connectivity index (χ1) is 11.1. The van der Waals surface area contributed by atoms with E-state index in [1.54, 1.807) is 14.8 Å². The van der Waals surface area contributed by atoms with Gasteiger partial charge >= 0.3 is 0 Å². The maximum absolute atomic E-state index is 13.0. The van der Waals surface area contributed by atoms with Crippen LogP contribution in [0, 0.1) is 0 Å². The molecule has 1 aromatic rings. The lowest BCUT2D eigenvalue weighted by Gasteiger charge is -2.30. The average Bonchev–Trinajstić information content (AvgIpc) is 3.09. The smallest absolute Gasteiger partial charge is 0.282 e. The number of aryl methyl sites for hydroxylation is 1. The summed E-state index contributed by atoms with van der Waals surface area (Å²) in [6.45, 7) is 5.50. The third-order valence-corrected chi connectivity index (χ3v) is 6.74. The molecule has 2 fully saturated rings. The van der Waals surface area contributed by atoms with Crippen molar-refractivity contribution in [1.29, 1.82) is 0 Å². The molecule has 0 aromatic carbocycles. The van der Waals surface area contributed by atoms with Crippen LogP contribution in [0.1, 0.15) is 32.0 Å². The highest BCUT2D eigenvalue weighted by atomic mass is 32.2. The topological polar surface area (TPSA) is 67.7 Å². The first-order valence-electron chi connectivity index (χ1n) is 8.47. The summed E-state index contributed by atoms with van der Waals surface area (Å²) in [5.74, 6) is 1.01. The Morgan fingerprint density at radius 2 is 2.13 bits per heavy atom. The van der Waals surface area contributed by atoms with E-state index in [9.17, 15) is 8.42 Å². The van der Waals surface area contributed by atoms with Crippen molar-refractivity contribution in [3.05, 3.63) is 18.2 Å². The van der Waals surface area contributed by atoms with Gasteiger partial charge in [-0.3, -0.25) is 0 Å². The molecule has 2 saturated heterocycles. The fourth-order valence-electron chi connectivity index (χ4n) is 3.45. The summed E-state index contributed by atoms with van der Waals surface area (Å²) in [6.07, 6.45) is 7.19. The molecular formula is C15H26N4O3S. The minimum Gasteiger partial charge on any atom is -0.380 e. The molecule has 0 N–H and O–H groups in total. The molecule has 0 bridgehead atoms. The van der Waals surface area contributed by atoms with Crippen LogP contribution in [0.3, 0.4) is 0 Å². The van der Waals surface area contributed by atoms with Gasteiger partial charge in [0.2, 0.25) is 0 Å². The van der Waals surface area contributed by atoms with E-state index >= 15 is 0 Å². The Bertz CT molecular complexity index is 608. The number of imidazole rings is 1. The standard InChI is InChI=1S/C15H26N4O3S/c1-2-15-16-6-9-17(15)13-14-5-3-8-19(14)23(20,21)18-7-4-11-22-12-10-18/h6,9,14H,2-5,7-8,10-13H2,1H3/t14-/m0/s1. The van der Waals surface area contributed by atoms with Gasteiger partial charge in [-0.2, -0.15) is 17.0 Å². The molecule has 130 valence electrons. The molecule has 1 atom stereocenters. The van der Waals surface area contributed by atoms with Crippen molar-refractivity contribution in [3.8, 4) is 0 Å². The van der Waals surface area contributed by atoms with Crippen molar-refractivity contribution in [2.24, 2.45) is 0 Å². The Kier molecular flexibility index (Phi) is 5.35. The Morgan fingerprint density at radius 3 is 2.96 bits per heavy atom. The maximum atomic E-state index is 13.0. The predicted molar refractivity (Wildman–Crippen MR) is 87.3 cm³/mol. The average molecular weight is 342 g/mol. The Labute approximate surface area is 138 Å². The van der Waals surface area contributed by atoms with E-state index in [-0.39, 0.29) is 6.04 Å². The van der Waals surface area contributed by atoms with Gasteiger partial charge in [0.05, 0.1) is 6.61 Å². The largest absolute Gasteiger partial charge is 0.380 e. The fraction of sp³-hybridized carbons (Fsp3) is 0.800.